The van der Waals surface area contributed by atoms with E-state index in [0.717, 1.165) is 12.2 Å². The largest absolute Gasteiger partial charge is 0.494 e. The van der Waals surface area contributed by atoms with Gasteiger partial charge >= 0.3 is 0 Å². The molecule has 2 heteroatoms. The normalized spacial score (nSPS) is 10.5. The van der Waals surface area contributed by atoms with Crippen molar-refractivity contribution in [2.24, 2.45) is 0 Å². The fourth-order valence-corrected chi connectivity index (χ4v) is 2.02. The molecule has 100 valence electrons. The van der Waals surface area contributed by atoms with Gasteiger partial charge in [0.15, 0.2) is 0 Å². The van der Waals surface area contributed by atoms with Gasteiger partial charge in [-0.1, -0.05) is 30.3 Å². The Hall–Kier alpha value is -1.47. The second kappa shape index (κ2) is 6.63. The minimum atomic E-state index is 0.640. The number of hydrogen-bond acceptors (Lipinski definition) is 1. The Morgan fingerprint density at radius 2 is 1.58 bits per heavy atom. The van der Waals surface area contributed by atoms with E-state index in [1.54, 1.807) is 0 Å². The molecule has 0 aromatic heterocycles. The lowest BCUT2D eigenvalue weighted by Gasteiger charge is -2.08. The Morgan fingerprint density at radius 3 is 2.21 bits per heavy atom. The summed E-state index contributed by atoms with van der Waals surface area (Å²) in [5.41, 5.74) is 5.10. The van der Waals surface area contributed by atoms with Crippen molar-refractivity contribution in [3.63, 3.8) is 0 Å². The van der Waals surface area contributed by atoms with Crippen LogP contribution in [0.25, 0.3) is 11.1 Å². The zero-order valence-electron chi connectivity index (χ0n) is 11.4. The lowest BCUT2D eigenvalue weighted by atomic mass is 10.0. The van der Waals surface area contributed by atoms with Crippen LogP contribution in [0.2, 0.25) is 0 Å². The van der Waals surface area contributed by atoms with Crippen molar-refractivity contribution in [1.82, 2.24) is 0 Å². The quantitative estimate of drug-likeness (QED) is 0.552. The van der Waals surface area contributed by atoms with Gasteiger partial charge in [-0.3, -0.25) is 0 Å². The predicted octanol–water partition coefficient (Wildman–Crippen LogP) is 4.98. The zero-order chi connectivity index (χ0) is 13.7. The number of rotatable bonds is 5. The van der Waals surface area contributed by atoms with E-state index >= 15 is 0 Å². The second-order valence-electron chi connectivity index (χ2n) is 4.71. The number of benzene rings is 2. The first-order valence-corrected chi connectivity index (χ1v) is 7.10. The average molecular weight is 275 g/mol. The molecule has 0 aliphatic carbocycles. The molecule has 0 atom stereocenters. The smallest absolute Gasteiger partial charge is 0.119 e. The molecule has 0 saturated carbocycles. The van der Waals surface area contributed by atoms with Gasteiger partial charge in [0.05, 0.1) is 6.61 Å². The highest BCUT2D eigenvalue weighted by Crippen LogP contribution is 2.24. The minimum Gasteiger partial charge on any atom is -0.494 e. The van der Waals surface area contributed by atoms with Crippen LogP contribution in [-0.2, 0) is 0 Å². The molecule has 0 spiro atoms. The summed E-state index contributed by atoms with van der Waals surface area (Å²) in [6.07, 6.45) is 0.875. The van der Waals surface area contributed by atoms with Crippen molar-refractivity contribution in [2.45, 2.75) is 20.3 Å². The van der Waals surface area contributed by atoms with E-state index < -0.39 is 0 Å². The SMILES string of the molecule is Cc1ccc(-c2ccc(OCCCCl)cc2)cc1C. The van der Waals surface area contributed by atoms with Crippen LogP contribution in [0, 0.1) is 13.8 Å². The lowest BCUT2D eigenvalue weighted by Crippen LogP contribution is -1.97. The van der Waals surface area contributed by atoms with Gasteiger partial charge in [0.25, 0.3) is 0 Å². The molecule has 19 heavy (non-hydrogen) atoms. The summed E-state index contributed by atoms with van der Waals surface area (Å²) in [4.78, 5) is 0. The predicted molar refractivity (Wildman–Crippen MR) is 82.2 cm³/mol. The van der Waals surface area contributed by atoms with E-state index in [-0.39, 0.29) is 0 Å². The van der Waals surface area contributed by atoms with Crippen LogP contribution in [0.3, 0.4) is 0 Å². The fraction of sp³-hybridized carbons (Fsp3) is 0.294. The molecule has 0 unspecified atom stereocenters. The summed E-state index contributed by atoms with van der Waals surface area (Å²) in [7, 11) is 0. The number of alkyl halides is 1. The van der Waals surface area contributed by atoms with Gasteiger partial charge in [-0.25, -0.2) is 0 Å². The second-order valence-corrected chi connectivity index (χ2v) is 5.09. The van der Waals surface area contributed by atoms with Crippen LogP contribution in [0.1, 0.15) is 17.5 Å². The molecule has 0 N–H and O–H groups in total. The van der Waals surface area contributed by atoms with E-state index in [0.29, 0.717) is 12.5 Å². The third kappa shape index (κ3) is 3.74. The summed E-state index contributed by atoms with van der Waals surface area (Å²) in [5, 5.41) is 0. The molecule has 0 aliphatic rings. The highest BCUT2D eigenvalue weighted by Gasteiger charge is 2.00. The molecule has 0 fully saturated rings. The van der Waals surface area contributed by atoms with Gasteiger partial charge in [0.2, 0.25) is 0 Å². The maximum atomic E-state index is 5.62. The number of hydrogen-bond donors (Lipinski definition) is 0. The van der Waals surface area contributed by atoms with Gasteiger partial charge in [-0.05, 0) is 54.7 Å². The molecule has 0 amide bonds. The van der Waals surface area contributed by atoms with Crippen LogP contribution >= 0.6 is 11.6 Å². The summed E-state index contributed by atoms with van der Waals surface area (Å²) in [5.74, 6) is 1.54. The van der Waals surface area contributed by atoms with Gasteiger partial charge in [-0.15, -0.1) is 11.6 Å². The van der Waals surface area contributed by atoms with Crippen molar-refractivity contribution in [3.8, 4) is 16.9 Å². The summed E-state index contributed by atoms with van der Waals surface area (Å²) >= 11 is 5.62. The average Bonchev–Trinajstić information content (AvgIpc) is 2.43. The van der Waals surface area contributed by atoms with Crippen molar-refractivity contribution < 1.29 is 4.74 Å². The molecule has 2 aromatic carbocycles. The first-order chi connectivity index (χ1) is 9.20. The Kier molecular flexibility index (Phi) is 4.86. The van der Waals surface area contributed by atoms with Crippen LogP contribution in [0.5, 0.6) is 5.75 Å². The maximum absolute atomic E-state index is 5.62. The van der Waals surface area contributed by atoms with E-state index in [2.05, 4.69) is 44.2 Å². The summed E-state index contributed by atoms with van der Waals surface area (Å²) < 4.78 is 5.60. The Bertz CT molecular complexity index is 531. The molecular formula is C17H19ClO. The highest BCUT2D eigenvalue weighted by atomic mass is 35.5. The van der Waals surface area contributed by atoms with Crippen molar-refractivity contribution in [3.05, 3.63) is 53.6 Å². The van der Waals surface area contributed by atoms with Crippen LogP contribution < -0.4 is 4.74 Å². The van der Waals surface area contributed by atoms with Crippen LogP contribution in [-0.4, -0.2) is 12.5 Å². The molecule has 1 nitrogen and oxygen atoms in total. The number of ether oxygens (including phenoxy) is 1. The molecule has 0 radical (unpaired) electrons. The van der Waals surface area contributed by atoms with Gasteiger partial charge in [0, 0.05) is 5.88 Å². The highest BCUT2D eigenvalue weighted by molar-refractivity contribution is 6.17. The van der Waals surface area contributed by atoms with Gasteiger partial charge in [-0.2, -0.15) is 0 Å². The van der Waals surface area contributed by atoms with Crippen molar-refractivity contribution in [2.75, 3.05) is 12.5 Å². The topological polar surface area (TPSA) is 9.23 Å². The van der Waals surface area contributed by atoms with Gasteiger partial charge < -0.3 is 4.74 Å². The molecular weight excluding hydrogens is 256 g/mol. The third-order valence-electron chi connectivity index (χ3n) is 3.24. The summed E-state index contributed by atoms with van der Waals surface area (Å²) in [6.45, 7) is 4.95. The monoisotopic (exact) mass is 274 g/mol. The van der Waals surface area contributed by atoms with E-state index in [9.17, 15) is 0 Å². The molecule has 0 heterocycles. The van der Waals surface area contributed by atoms with E-state index in [4.69, 9.17) is 16.3 Å². The molecule has 0 aliphatic heterocycles. The van der Waals surface area contributed by atoms with Crippen molar-refractivity contribution >= 4 is 11.6 Å². The Balaban J connectivity index is 2.11. The minimum absolute atomic E-state index is 0.640. The zero-order valence-corrected chi connectivity index (χ0v) is 12.2. The molecule has 0 bridgehead atoms. The standard InChI is InChI=1S/C17H19ClO/c1-13-4-5-16(12-14(13)2)15-6-8-17(9-7-15)19-11-3-10-18/h4-9,12H,3,10-11H2,1-2H3. The molecule has 2 rings (SSSR count). The molecule has 0 saturated heterocycles. The Labute approximate surface area is 120 Å². The van der Waals surface area contributed by atoms with E-state index in [1.807, 2.05) is 12.1 Å². The fourth-order valence-electron chi connectivity index (χ4n) is 1.91. The van der Waals surface area contributed by atoms with Crippen molar-refractivity contribution in [1.29, 1.82) is 0 Å². The van der Waals surface area contributed by atoms with Gasteiger partial charge in [0.1, 0.15) is 5.75 Å². The maximum Gasteiger partial charge on any atom is 0.119 e. The number of aryl methyl sites for hydroxylation is 2. The first-order valence-electron chi connectivity index (χ1n) is 6.57. The van der Waals surface area contributed by atoms with Crippen LogP contribution in [0.15, 0.2) is 42.5 Å². The molecule has 2 aromatic rings. The van der Waals surface area contributed by atoms with Crippen LogP contribution in [0.4, 0.5) is 0 Å². The Morgan fingerprint density at radius 1 is 0.895 bits per heavy atom. The number of halogens is 1. The first kappa shape index (κ1) is 14.0. The van der Waals surface area contributed by atoms with E-state index in [1.165, 1.54) is 22.3 Å². The summed E-state index contributed by atoms with van der Waals surface area (Å²) in [6, 6.07) is 14.8. The third-order valence-corrected chi connectivity index (χ3v) is 3.51. The lowest BCUT2D eigenvalue weighted by molar-refractivity contribution is 0.318.